The molecule has 1 aliphatic heterocycles. The van der Waals surface area contributed by atoms with E-state index in [0.717, 1.165) is 29.1 Å². The molecular formula is C28H30FN5O. The first-order chi connectivity index (χ1) is 17.0. The topological polar surface area (TPSA) is 69.1 Å². The van der Waals surface area contributed by atoms with Crippen LogP contribution in [0, 0.1) is 5.92 Å². The highest BCUT2D eigenvalue weighted by Crippen LogP contribution is 2.37. The monoisotopic (exact) mass is 471 g/mol. The summed E-state index contributed by atoms with van der Waals surface area (Å²) >= 11 is 0. The lowest BCUT2D eigenvalue weighted by molar-refractivity contribution is 0.0630. The number of benzene rings is 2. The lowest BCUT2D eigenvalue weighted by Gasteiger charge is -2.33. The van der Waals surface area contributed by atoms with Gasteiger partial charge < -0.3 is 19.8 Å². The Labute approximate surface area is 204 Å². The summed E-state index contributed by atoms with van der Waals surface area (Å²) in [6.07, 6.45) is 1.77. The minimum Gasteiger partial charge on any atom is -0.338 e. The number of aryl methyl sites for hydroxylation is 1. The molecular weight excluding hydrogens is 441 g/mol. The van der Waals surface area contributed by atoms with Gasteiger partial charge in [-0.2, -0.15) is 0 Å². The lowest BCUT2D eigenvalue weighted by atomic mass is 10.0. The van der Waals surface area contributed by atoms with Crippen molar-refractivity contribution in [1.29, 1.82) is 0 Å². The fourth-order valence-corrected chi connectivity index (χ4v) is 5.16. The van der Waals surface area contributed by atoms with Gasteiger partial charge in [0.15, 0.2) is 5.82 Å². The second-order valence-electron chi connectivity index (χ2n) is 9.94. The number of rotatable bonds is 5. The molecule has 3 heterocycles. The summed E-state index contributed by atoms with van der Waals surface area (Å²) in [5.41, 5.74) is 11.7. The highest BCUT2D eigenvalue weighted by atomic mass is 19.1. The van der Waals surface area contributed by atoms with E-state index in [2.05, 4.69) is 45.5 Å². The number of nitrogens with zero attached hydrogens (tertiary/aromatic N) is 4. The standard InChI is InChI=1S/C28H30FN5O/c1-32-25-10-9-20(28(35)33-14-13-21(29)22(30)17-33)15-23(25)31-27(32)26-12-11-24(19-5-3-2-4-6-19)34(26)16-18-7-8-18/h2-6,9-12,15,18,21-22H,7-8,13-14,16-17,30H2,1H3/t21-,22+/m0/s1. The van der Waals surface area contributed by atoms with Gasteiger partial charge in [0, 0.05) is 37.9 Å². The van der Waals surface area contributed by atoms with E-state index in [4.69, 9.17) is 10.7 Å². The molecule has 1 saturated carbocycles. The van der Waals surface area contributed by atoms with Gasteiger partial charge in [-0.25, -0.2) is 9.37 Å². The molecule has 2 fully saturated rings. The van der Waals surface area contributed by atoms with Gasteiger partial charge in [-0.1, -0.05) is 30.3 Å². The van der Waals surface area contributed by atoms with E-state index >= 15 is 0 Å². The molecule has 2 aromatic carbocycles. The number of nitrogens with two attached hydrogens (primary N) is 1. The maximum absolute atomic E-state index is 13.8. The average molecular weight is 472 g/mol. The number of fused-ring (bicyclic) bond motifs is 1. The van der Waals surface area contributed by atoms with Crippen LogP contribution in [0.15, 0.2) is 60.7 Å². The van der Waals surface area contributed by atoms with Gasteiger partial charge in [0.25, 0.3) is 5.91 Å². The largest absolute Gasteiger partial charge is 0.338 e. The number of aromatic nitrogens is 3. The molecule has 6 rings (SSSR count). The van der Waals surface area contributed by atoms with Gasteiger partial charge in [0.05, 0.1) is 22.8 Å². The zero-order valence-electron chi connectivity index (χ0n) is 19.9. The summed E-state index contributed by atoms with van der Waals surface area (Å²) in [5, 5.41) is 0. The smallest absolute Gasteiger partial charge is 0.253 e. The lowest BCUT2D eigenvalue weighted by Crippen LogP contribution is -2.51. The molecule has 1 aliphatic carbocycles. The second kappa shape index (κ2) is 8.64. The maximum atomic E-state index is 13.8. The Hall–Kier alpha value is -3.45. The highest BCUT2D eigenvalue weighted by Gasteiger charge is 2.30. The minimum atomic E-state index is -1.05. The molecule has 7 heteroatoms. The summed E-state index contributed by atoms with van der Waals surface area (Å²) < 4.78 is 18.3. The van der Waals surface area contributed by atoms with E-state index in [1.165, 1.54) is 24.1 Å². The van der Waals surface area contributed by atoms with Crippen molar-refractivity contribution in [3.05, 3.63) is 66.2 Å². The fraction of sp³-hybridized carbons (Fsp3) is 0.357. The molecule has 2 N–H and O–H groups in total. The molecule has 2 aromatic heterocycles. The van der Waals surface area contributed by atoms with E-state index in [0.29, 0.717) is 18.0 Å². The van der Waals surface area contributed by atoms with E-state index in [-0.39, 0.29) is 18.9 Å². The predicted molar refractivity (Wildman–Crippen MR) is 136 cm³/mol. The summed E-state index contributed by atoms with van der Waals surface area (Å²) in [6, 6.07) is 19.8. The molecule has 1 saturated heterocycles. The van der Waals surface area contributed by atoms with E-state index < -0.39 is 12.2 Å². The number of piperidine rings is 1. The Balaban J connectivity index is 1.37. The van der Waals surface area contributed by atoms with Crippen molar-refractivity contribution in [3.8, 4) is 22.8 Å². The van der Waals surface area contributed by atoms with Crippen LogP contribution in [-0.2, 0) is 13.6 Å². The summed E-state index contributed by atoms with van der Waals surface area (Å²) in [6.45, 7) is 1.60. The van der Waals surface area contributed by atoms with Gasteiger partial charge >= 0.3 is 0 Å². The normalized spacial score (nSPS) is 20.5. The Bertz CT molecular complexity index is 1390. The zero-order valence-corrected chi connectivity index (χ0v) is 19.9. The van der Waals surface area contributed by atoms with Crippen LogP contribution in [-0.4, -0.2) is 50.2 Å². The first-order valence-electron chi connectivity index (χ1n) is 12.4. The van der Waals surface area contributed by atoms with Crippen molar-refractivity contribution in [2.45, 2.75) is 38.0 Å². The van der Waals surface area contributed by atoms with Crippen molar-refractivity contribution in [1.82, 2.24) is 19.0 Å². The van der Waals surface area contributed by atoms with Gasteiger partial charge in [-0.3, -0.25) is 4.79 Å². The number of hydrogen-bond acceptors (Lipinski definition) is 3. The van der Waals surface area contributed by atoms with Crippen LogP contribution in [0.1, 0.15) is 29.6 Å². The third-order valence-electron chi connectivity index (χ3n) is 7.40. The van der Waals surface area contributed by atoms with E-state index in [1.807, 2.05) is 31.3 Å². The number of likely N-dealkylation sites (tertiary alicyclic amines) is 1. The number of halogens is 1. The third-order valence-corrected chi connectivity index (χ3v) is 7.40. The summed E-state index contributed by atoms with van der Waals surface area (Å²) in [7, 11) is 2.02. The van der Waals surface area contributed by atoms with E-state index in [9.17, 15) is 9.18 Å². The van der Waals surface area contributed by atoms with Crippen LogP contribution in [0.2, 0.25) is 0 Å². The molecule has 6 nitrogen and oxygen atoms in total. The SMILES string of the molecule is Cn1c(-c2ccc(-c3ccccc3)n2CC2CC2)nc2cc(C(=O)N3CC[C@H](F)[C@H](N)C3)ccc21. The Kier molecular flexibility index (Phi) is 5.44. The molecule has 4 aromatic rings. The number of imidazole rings is 1. The van der Waals surface area contributed by atoms with Gasteiger partial charge in [-0.05, 0) is 61.1 Å². The van der Waals surface area contributed by atoms with Crippen LogP contribution in [0.25, 0.3) is 33.8 Å². The number of carbonyl (C=O) groups is 1. The van der Waals surface area contributed by atoms with Gasteiger partial charge in [0.2, 0.25) is 0 Å². The third kappa shape index (κ3) is 4.04. The predicted octanol–water partition coefficient (Wildman–Crippen LogP) is 4.63. The average Bonchev–Trinajstić information content (AvgIpc) is 3.51. The van der Waals surface area contributed by atoms with E-state index in [1.54, 1.807) is 4.90 Å². The van der Waals surface area contributed by atoms with Gasteiger partial charge in [0.1, 0.15) is 6.17 Å². The summed E-state index contributed by atoms with van der Waals surface area (Å²) in [5.74, 6) is 1.47. The number of hydrogen-bond donors (Lipinski definition) is 1. The van der Waals surface area contributed by atoms with Crippen molar-refractivity contribution >= 4 is 16.9 Å². The zero-order chi connectivity index (χ0) is 24.1. The number of carbonyl (C=O) groups excluding carboxylic acids is 1. The number of amides is 1. The van der Waals surface area contributed by atoms with Crippen LogP contribution in [0.5, 0.6) is 0 Å². The molecule has 35 heavy (non-hydrogen) atoms. The second-order valence-corrected chi connectivity index (χ2v) is 9.94. The molecule has 2 aliphatic rings. The molecule has 2 atom stereocenters. The molecule has 0 radical (unpaired) electrons. The first-order valence-corrected chi connectivity index (χ1v) is 12.4. The first kappa shape index (κ1) is 22.0. The number of alkyl halides is 1. The van der Waals surface area contributed by atoms with Crippen molar-refractivity contribution in [2.24, 2.45) is 18.7 Å². The van der Waals surface area contributed by atoms with Crippen LogP contribution < -0.4 is 5.73 Å². The highest BCUT2D eigenvalue weighted by molar-refractivity contribution is 5.98. The molecule has 1 amide bonds. The minimum absolute atomic E-state index is 0.120. The quantitative estimate of drug-likeness (QED) is 0.461. The van der Waals surface area contributed by atoms with Crippen molar-refractivity contribution in [3.63, 3.8) is 0 Å². The Morgan fingerprint density at radius 3 is 2.57 bits per heavy atom. The van der Waals surface area contributed by atoms with Crippen LogP contribution >= 0.6 is 0 Å². The van der Waals surface area contributed by atoms with Crippen LogP contribution in [0.3, 0.4) is 0 Å². The molecule has 0 bridgehead atoms. The maximum Gasteiger partial charge on any atom is 0.253 e. The Morgan fingerprint density at radius 2 is 1.83 bits per heavy atom. The van der Waals surface area contributed by atoms with Crippen molar-refractivity contribution < 1.29 is 9.18 Å². The molecule has 180 valence electrons. The van der Waals surface area contributed by atoms with Gasteiger partial charge in [-0.15, -0.1) is 0 Å². The summed E-state index contributed by atoms with van der Waals surface area (Å²) in [4.78, 5) is 19.7. The van der Waals surface area contributed by atoms with Crippen molar-refractivity contribution in [2.75, 3.05) is 13.1 Å². The Morgan fingerprint density at radius 1 is 1.06 bits per heavy atom. The van der Waals surface area contributed by atoms with Crippen LogP contribution in [0.4, 0.5) is 4.39 Å². The molecule has 0 spiro atoms. The molecule has 0 unspecified atom stereocenters. The fourth-order valence-electron chi connectivity index (χ4n) is 5.16.